The van der Waals surface area contributed by atoms with E-state index in [1.165, 1.54) is 34.5 Å². The minimum Gasteiger partial charge on any atom is -0.486 e. The van der Waals surface area contributed by atoms with Crippen molar-refractivity contribution in [1.82, 2.24) is 29.9 Å². The molecule has 4 aromatic carbocycles. The van der Waals surface area contributed by atoms with Gasteiger partial charge < -0.3 is 14.4 Å². The fourth-order valence-corrected chi connectivity index (χ4v) is 8.02. The Labute approximate surface area is 423 Å². The number of aryl methyl sites for hydroxylation is 5. The summed E-state index contributed by atoms with van der Waals surface area (Å²) in [4.78, 5) is 28.4. The van der Waals surface area contributed by atoms with Crippen molar-refractivity contribution in [1.29, 1.82) is 0 Å². The maximum atomic E-state index is 8.25. The van der Waals surface area contributed by atoms with E-state index in [0.717, 1.165) is 67.2 Å². The van der Waals surface area contributed by atoms with E-state index in [9.17, 15) is 0 Å². The Bertz CT molecular complexity index is 3400. The van der Waals surface area contributed by atoms with Crippen LogP contribution in [-0.2, 0) is 37.3 Å². The van der Waals surface area contributed by atoms with Crippen molar-refractivity contribution < 1.29 is 31.4 Å². The third-order valence-corrected chi connectivity index (χ3v) is 11.4. The van der Waals surface area contributed by atoms with Crippen LogP contribution in [0.3, 0.4) is 0 Å². The molecule has 0 atom stereocenters. The van der Waals surface area contributed by atoms with Crippen LogP contribution in [0.4, 0.5) is 0 Å². The Hall–Kier alpha value is -6.21. The largest absolute Gasteiger partial charge is 0.486 e. The Balaban J connectivity index is 0.000000274. The smallest absolute Gasteiger partial charge is 0.216 e. The second-order valence-corrected chi connectivity index (χ2v) is 20.6. The topological polar surface area (TPSA) is 90.5 Å². The first-order chi connectivity index (χ1) is 33.6. The molecule has 0 aliphatic carbocycles. The van der Waals surface area contributed by atoms with E-state index < -0.39 is 18.6 Å². The van der Waals surface area contributed by atoms with Crippen molar-refractivity contribution in [3.8, 4) is 56.2 Å². The minimum absolute atomic E-state index is 0. The molecule has 0 saturated carbocycles. The van der Waals surface area contributed by atoms with Gasteiger partial charge in [0, 0.05) is 66.8 Å². The van der Waals surface area contributed by atoms with E-state index in [1.54, 1.807) is 24.3 Å². The number of benzene rings is 4. The summed E-state index contributed by atoms with van der Waals surface area (Å²) in [6.07, 6.45) is 1.99. The summed E-state index contributed by atoms with van der Waals surface area (Å²) in [5.41, 5.74) is 14.3. The molecule has 0 aliphatic rings. The van der Waals surface area contributed by atoms with Gasteiger partial charge in [0.05, 0.1) is 5.58 Å². The third-order valence-electron chi connectivity index (χ3n) is 11.4. The van der Waals surface area contributed by atoms with E-state index in [4.69, 9.17) is 31.2 Å². The van der Waals surface area contributed by atoms with E-state index in [2.05, 4.69) is 133 Å². The van der Waals surface area contributed by atoms with Gasteiger partial charge in [0.15, 0.2) is 5.82 Å². The minimum atomic E-state index is -2.14. The second kappa shape index (κ2) is 19.4. The number of pyridine rings is 3. The predicted octanol–water partition coefficient (Wildman–Crippen LogP) is 15.3. The first kappa shape index (κ1) is 43.1. The molecular formula is C60H62IrN6O-2. The van der Waals surface area contributed by atoms with Gasteiger partial charge in [0.1, 0.15) is 11.6 Å². The Morgan fingerprint density at radius 1 is 0.618 bits per heavy atom. The average molecular weight is 1080 g/mol. The molecule has 0 spiro atoms. The molecule has 9 aromatic rings. The van der Waals surface area contributed by atoms with Crippen LogP contribution in [0.5, 0.6) is 0 Å². The molecule has 0 saturated heterocycles. The van der Waals surface area contributed by atoms with E-state index in [1.807, 2.05) is 52.1 Å². The molecule has 0 aliphatic heterocycles. The van der Waals surface area contributed by atoms with Crippen molar-refractivity contribution in [2.24, 2.45) is 5.41 Å². The molecule has 0 amide bonds. The van der Waals surface area contributed by atoms with E-state index in [-0.39, 0.29) is 36.5 Å². The van der Waals surface area contributed by atoms with Gasteiger partial charge in [-0.15, -0.1) is 53.6 Å². The third kappa shape index (κ3) is 11.0. The van der Waals surface area contributed by atoms with Crippen molar-refractivity contribution in [3.05, 3.63) is 167 Å². The first-order valence-corrected chi connectivity index (χ1v) is 22.8. The standard InChI is InChI=1S/C43H42N5O.C17H20N.Ir/c1-24-20-30(28-15-17-29(18-16-28)38-46-40(42(5,6)7)48-41(47-38)43(8,9)10)21-25(2)36(24)34-22-35(44-23-26(34)3)33-13-11-12-31-32-19-14-27(4)45-39(32)49-37(31)33;1-13-5-8-15(9-6-13)16-10-7-14(12-18-16)11-17(2,3)4;/h11-12,14-23H,1-10H3;5-8,10,12H,11H2,1-4H3;/q2*-1;/i;1D3,11D2;. The molecule has 9 rings (SSSR count). The molecule has 0 N–H and O–H groups in total. The molecule has 5 heterocycles. The number of hydrogen-bond donors (Lipinski definition) is 0. The molecule has 0 unspecified atom stereocenters. The van der Waals surface area contributed by atoms with Crippen molar-refractivity contribution >= 4 is 22.1 Å². The van der Waals surface area contributed by atoms with Crippen LogP contribution in [0.25, 0.3) is 78.2 Å². The number of fused-ring (bicyclic) bond motifs is 3. The molecule has 7 nitrogen and oxygen atoms in total. The maximum Gasteiger partial charge on any atom is 0.216 e. The van der Waals surface area contributed by atoms with Crippen LogP contribution in [0.15, 0.2) is 114 Å². The number of furan rings is 1. The van der Waals surface area contributed by atoms with Gasteiger partial charge in [-0.05, 0) is 108 Å². The van der Waals surface area contributed by atoms with Crippen molar-refractivity contribution in [2.45, 2.75) is 114 Å². The quantitative estimate of drug-likeness (QED) is 0.153. The SMILES string of the molecule is Cc1ccc2c(n1)oc1c(-c3cc(-c4c(C)cc(-c5ccc(-c6nc(C(C)(C)C)nc(C(C)(C)C)n6)cc5)cc4C)c(C)cn3)[c-]ccc12.[2H]C([2H])([2H])c1c[c-]c(-c2ccc(C([2H])([2H])C(C)(C)C)cn2)cc1.[Ir]. The zero-order valence-electron chi connectivity index (χ0n) is 46.3. The van der Waals surface area contributed by atoms with Crippen molar-refractivity contribution in [3.63, 3.8) is 0 Å². The second-order valence-electron chi connectivity index (χ2n) is 20.6. The summed E-state index contributed by atoms with van der Waals surface area (Å²) >= 11 is 0. The van der Waals surface area contributed by atoms with Gasteiger partial charge in [-0.2, -0.15) is 0 Å². The molecule has 5 aromatic heterocycles. The first-order valence-electron chi connectivity index (χ1n) is 25.3. The molecule has 1 radical (unpaired) electrons. The molecule has 0 bridgehead atoms. The fraction of sp³-hybridized carbons (Fsp3) is 0.300. The summed E-state index contributed by atoms with van der Waals surface area (Å²) in [6.45, 7) is 24.7. The van der Waals surface area contributed by atoms with Gasteiger partial charge in [0.25, 0.3) is 0 Å². The summed E-state index contributed by atoms with van der Waals surface area (Å²) in [5, 5.41) is 2.01. The molecule has 8 heteroatoms. The fourth-order valence-electron chi connectivity index (χ4n) is 8.02. The van der Waals surface area contributed by atoms with Crippen molar-refractivity contribution in [2.75, 3.05) is 0 Å². The Morgan fingerprint density at radius 2 is 1.28 bits per heavy atom. The van der Waals surface area contributed by atoms with Crippen LogP contribution in [0.1, 0.15) is 114 Å². The number of rotatable bonds is 6. The average Bonchev–Trinajstić information content (AvgIpc) is 3.69. The summed E-state index contributed by atoms with van der Waals surface area (Å²) < 4.78 is 44.9. The summed E-state index contributed by atoms with van der Waals surface area (Å²) in [6, 6.07) is 37.8. The van der Waals surface area contributed by atoms with E-state index >= 15 is 0 Å². The zero-order chi connectivity index (χ0) is 52.3. The normalized spacial score (nSPS) is 13.4. The van der Waals surface area contributed by atoms with Gasteiger partial charge in [0.2, 0.25) is 5.71 Å². The van der Waals surface area contributed by atoms with Gasteiger partial charge in [-0.1, -0.05) is 135 Å². The van der Waals surface area contributed by atoms with Crippen LogP contribution in [-0.4, -0.2) is 29.9 Å². The van der Waals surface area contributed by atoms with E-state index in [0.29, 0.717) is 28.4 Å². The van der Waals surface area contributed by atoms with Gasteiger partial charge >= 0.3 is 0 Å². The van der Waals surface area contributed by atoms with Gasteiger partial charge in [-0.25, -0.2) is 19.9 Å². The van der Waals surface area contributed by atoms with Crippen LogP contribution < -0.4 is 0 Å². The zero-order valence-corrected chi connectivity index (χ0v) is 43.7. The molecule has 0 fully saturated rings. The maximum absolute atomic E-state index is 8.25. The Kier molecular flexibility index (Phi) is 12.3. The number of hydrogen-bond acceptors (Lipinski definition) is 7. The molecule has 349 valence electrons. The molecule has 68 heavy (non-hydrogen) atoms. The monoisotopic (exact) mass is 1080 g/mol. The number of nitrogens with zero attached hydrogens (tertiary/aromatic N) is 6. The summed E-state index contributed by atoms with van der Waals surface area (Å²) in [7, 11) is 0. The Morgan fingerprint density at radius 3 is 1.87 bits per heavy atom. The number of aromatic nitrogens is 6. The van der Waals surface area contributed by atoms with Crippen LogP contribution in [0.2, 0.25) is 0 Å². The predicted molar refractivity (Wildman–Crippen MR) is 276 cm³/mol. The molecular weight excluding hydrogens is 1010 g/mol. The van der Waals surface area contributed by atoms with Gasteiger partial charge in [-0.3, -0.25) is 0 Å². The van der Waals surface area contributed by atoms with Crippen LogP contribution in [0, 0.1) is 52.1 Å². The summed E-state index contributed by atoms with van der Waals surface area (Å²) in [5.74, 6) is 2.33. The van der Waals surface area contributed by atoms with Crippen LogP contribution >= 0.6 is 0 Å².